The van der Waals surface area contributed by atoms with Crippen LogP contribution in [0.25, 0.3) is 0 Å². The first-order chi connectivity index (χ1) is 9.74. The SMILES string of the molecule is CCC1CCCCC1OCCCCCCNCC(C)C. The molecule has 1 rings (SSSR count). The third kappa shape index (κ3) is 8.26. The van der Waals surface area contributed by atoms with Crippen LogP contribution in [0.15, 0.2) is 0 Å². The number of ether oxygens (including phenoxy) is 1. The molecule has 20 heavy (non-hydrogen) atoms. The van der Waals surface area contributed by atoms with E-state index in [4.69, 9.17) is 4.74 Å². The van der Waals surface area contributed by atoms with E-state index in [-0.39, 0.29) is 0 Å². The minimum absolute atomic E-state index is 0.571. The maximum Gasteiger partial charge on any atom is 0.0603 e. The fourth-order valence-corrected chi connectivity index (χ4v) is 3.19. The van der Waals surface area contributed by atoms with E-state index in [9.17, 15) is 0 Å². The minimum atomic E-state index is 0.571. The Hall–Kier alpha value is -0.0800. The number of unbranched alkanes of at least 4 members (excludes halogenated alkanes) is 3. The van der Waals surface area contributed by atoms with Crippen LogP contribution in [-0.4, -0.2) is 25.8 Å². The summed E-state index contributed by atoms with van der Waals surface area (Å²) in [7, 11) is 0. The first-order valence-electron chi connectivity index (χ1n) is 9.06. The van der Waals surface area contributed by atoms with Gasteiger partial charge >= 0.3 is 0 Å². The van der Waals surface area contributed by atoms with E-state index in [1.165, 1.54) is 64.3 Å². The Morgan fingerprint density at radius 2 is 1.80 bits per heavy atom. The highest BCUT2D eigenvalue weighted by Gasteiger charge is 2.23. The lowest BCUT2D eigenvalue weighted by molar-refractivity contribution is -0.0135. The average Bonchev–Trinajstić information content (AvgIpc) is 2.45. The van der Waals surface area contributed by atoms with Crippen LogP contribution in [0.4, 0.5) is 0 Å². The van der Waals surface area contributed by atoms with Crippen molar-refractivity contribution in [3.63, 3.8) is 0 Å². The van der Waals surface area contributed by atoms with Crippen LogP contribution < -0.4 is 5.32 Å². The molecule has 0 heterocycles. The molecule has 120 valence electrons. The summed E-state index contributed by atoms with van der Waals surface area (Å²) in [6.45, 7) is 10.2. The van der Waals surface area contributed by atoms with Crippen LogP contribution in [0.5, 0.6) is 0 Å². The normalized spacial score (nSPS) is 23.4. The van der Waals surface area contributed by atoms with Gasteiger partial charge in [-0.25, -0.2) is 0 Å². The highest BCUT2D eigenvalue weighted by atomic mass is 16.5. The molecule has 0 aromatic carbocycles. The standard InChI is InChI=1S/C18H37NO/c1-4-17-11-7-8-12-18(17)20-14-10-6-5-9-13-19-15-16(2)3/h16-19H,4-15H2,1-3H3. The van der Waals surface area contributed by atoms with Gasteiger partial charge in [0, 0.05) is 6.61 Å². The third-order valence-corrected chi connectivity index (χ3v) is 4.50. The number of hydrogen-bond acceptors (Lipinski definition) is 2. The van der Waals surface area contributed by atoms with Crippen molar-refractivity contribution in [1.82, 2.24) is 5.32 Å². The van der Waals surface area contributed by atoms with Crippen molar-refractivity contribution >= 4 is 0 Å². The molecule has 2 heteroatoms. The van der Waals surface area contributed by atoms with E-state index in [0.717, 1.165) is 25.0 Å². The molecular weight excluding hydrogens is 246 g/mol. The summed E-state index contributed by atoms with van der Waals surface area (Å²) >= 11 is 0. The van der Waals surface area contributed by atoms with Gasteiger partial charge in [0.05, 0.1) is 6.10 Å². The van der Waals surface area contributed by atoms with Crippen molar-refractivity contribution < 1.29 is 4.74 Å². The number of hydrogen-bond donors (Lipinski definition) is 1. The van der Waals surface area contributed by atoms with Crippen molar-refractivity contribution in [3.05, 3.63) is 0 Å². The summed E-state index contributed by atoms with van der Waals surface area (Å²) in [5.74, 6) is 1.61. The van der Waals surface area contributed by atoms with Gasteiger partial charge in [0.15, 0.2) is 0 Å². The highest BCUT2D eigenvalue weighted by molar-refractivity contribution is 4.74. The van der Waals surface area contributed by atoms with E-state index in [0.29, 0.717) is 6.10 Å². The fourth-order valence-electron chi connectivity index (χ4n) is 3.19. The Labute approximate surface area is 127 Å². The maximum absolute atomic E-state index is 6.13. The van der Waals surface area contributed by atoms with Crippen molar-refractivity contribution in [3.8, 4) is 0 Å². The topological polar surface area (TPSA) is 21.3 Å². The van der Waals surface area contributed by atoms with Crippen molar-refractivity contribution in [1.29, 1.82) is 0 Å². The molecule has 0 aromatic rings. The van der Waals surface area contributed by atoms with Crippen LogP contribution >= 0.6 is 0 Å². The Morgan fingerprint density at radius 1 is 1.05 bits per heavy atom. The Bertz CT molecular complexity index is 217. The van der Waals surface area contributed by atoms with Crippen molar-refractivity contribution in [2.75, 3.05) is 19.7 Å². The smallest absolute Gasteiger partial charge is 0.0603 e. The van der Waals surface area contributed by atoms with Crippen LogP contribution in [0, 0.1) is 11.8 Å². The molecule has 0 amide bonds. The van der Waals surface area contributed by atoms with E-state index < -0.39 is 0 Å². The van der Waals surface area contributed by atoms with Gasteiger partial charge in [0.1, 0.15) is 0 Å². The molecule has 1 aliphatic carbocycles. The van der Waals surface area contributed by atoms with E-state index in [1.54, 1.807) is 0 Å². The summed E-state index contributed by atoms with van der Waals surface area (Å²) in [5.41, 5.74) is 0. The molecule has 2 unspecified atom stereocenters. The predicted octanol–water partition coefficient (Wildman–Crippen LogP) is 4.78. The minimum Gasteiger partial charge on any atom is -0.378 e. The Morgan fingerprint density at radius 3 is 2.55 bits per heavy atom. The molecule has 1 fully saturated rings. The highest BCUT2D eigenvalue weighted by Crippen LogP contribution is 2.29. The predicted molar refractivity (Wildman–Crippen MR) is 88.2 cm³/mol. The first-order valence-corrected chi connectivity index (χ1v) is 9.06. The van der Waals surface area contributed by atoms with Crippen LogP contribution in [-0.2, 0) is 4.74 Å². The molecule has 0 bridgehead atoms. The zero-order valence-electron chi connectivity index (χ0n) is 14.1. The van der Waals surface area contributed by atoms with Gasteiger partial charge in [0.25, 0.3) is 0 Å². The zero-order chi connectivity index (χ0) is 14.6. The lowest BCUT2D eigenvalue weighted by Gasteiger charge is -2.30. The summed E-state index contributed by atoms with van der Waals surface area (Å²) in [6.07, 6.45) is 12.6. The van der Waals surface area contributed by atoms with Gasteiger partial charge in [0.2, 0.25) is 0 Å². The van der Waals surface area contributed by atoms with Crippen molar-refractivity contribution in [2.24, 2.45) is 11.8 Å². The molecule has 2 nitrogen and oxygen atoms in total. The largest absolute Gasteiger partial charge is 0.378 e. The van der Waals surface area contributed by atoms with Crippen LogP contribution in [0.1, 0.15) is 78.6 Å². The average molecular weight is 283 g/mol. The second-order valence-electron chi connectivity index (χ2n) is 6.87. The number of nitrogens with one attached hydrogen (secondary N) is 1. The lowest BCUT2D eigenvalue weighted by Crippen LogP contribution is -2.27. The van der Waals surface area contributed by atoms with Crippen LogP contribution in [0.3, 0.4) is 0 Å². The summed E-state index contributed by atoms with van der Waals surface area (Å²) in [5, 5.41) is 3.51. The zero-order valence-corrected chi connectivity index (χ0v) is 14.1. The van der Waals surface area contributed by atoms with E-state index in [1.807, 2.05) is 0 Å². The van der Waals surface area contributed by atoms with Crippen LogP contribution in [0.2, 0.25) is 0 Å². The summed E-state index contributed by atoms with van der Waals surface area (Å²) < 4.78 is 6.13. The van der Waals surface area contributed by atoms with Gasteiger partial charge in [-0.3, -0.25) is 0 Å². The second kappa shape index (κ2) is 11.6. The first kappa shape index (κ1) is 18.0. The monoisotopic (exact) mass is 283 g/mol. The number of rotatable bonds is 11. The Balaban J connectivity index is 1.89. The molecule has 1 aliphatic rings. The molecule has 1 N–H and O–H groups in total. The summed E-state index contributed by atoms with van der Waals surface area (Å²) in [4.78, 5) is 0. The fraction of sp³-hybridized carbons (Fsp3) is 1.00. The molecule has 0 aliphatic heterocycles. The Kier molecular flexibility index (Phi) is 10.4. The molecule has 2 atom stereocenters. The van der Waals surface area contributed by atoms with E-state index >= 15 is 0 Å². The van der Waals surface area contributed by atoms with Gasteiger partial charge in [-0.1, -0.05) is 52.9 Å². The van der Waals surface area contributed by atoms with Gasteiger partial charge in [-0.2, -0.15) is 0 Å². The van der Waals surface area contributed by atoms with Gasteiger partial charge < -0.3 is 10.1 Å². The third-order valence-electron chi connectivity index (χ3n) is 4.50. The molecule has 0 saturated heterocycles. The van der Waals surface area contributed by atoms with Crippen molar-refractivity contribution in [2.45, 2.75) is 84.7 Å². The molecule has 0 aromatic heterocycles. The molecule has 1 saturated carbocycles. The summed E-state index contributed by atoms with van der Waals surface area (Å²) in [6, 6.07) is 0. The molecule has 0 radical (unpaired) electrons. The molecular formula is C18H37NO. The second-order valence-corrected chi connectivity index (χ2v) is 6.87. The van der Waals surface area contributed by atoms with Gasteiger partial charge in [-0.05, 0) is 50.6 Å². The van der Waals surface area contributed by atoms with E-state index in [2.05, 4.69) is 26.1 Å². The maximum atomic E-state index is 6.13. The van der Waals surface area contributed by atoms with Gasteiger partial charge in [-0.15, -0.1) is 0 Å². The molecule has 0 spiro atoms. The quantitative estimate of drug-likeness (QED) is 0.551. The lowest BCUT2D eigenvalue weighted by atomic mass is 9.85.